The van der Waals surface area contributed by atoms with Gasteiger partial charge in [0.05, 0.1) is 27.7 Å². The Balaban J connectivity index is 3.27. The summed E-state index contributed by atoms with van der Waals surface area (Å²) in [6.45, 7) is 2.19. The van der Waals surface area contributed by atoms with Crippen molar-refractivity contribution in [3.63, 3.8) is 0 Å². The molecule has 0 radical (unpaired) electrons. The summed E-state index contributed by atoms with van der Waals surface area (Å²) >= 11 is 0. The smallest absolute Gasteiger partial charge is 0.463 e. The van der Waals surface area contributed by atoms with Crippen LogP contribution in [0.4, 0.5) is 0 Å². The number of ether oxygens (including phenoxy) is 1. The Bertz CT molecular complexity index is 853. The van der Waals surface area contributed by atoms with Gasteiger partial charge in [-0.25, -0.2) is 4.57 Å². The third-order valence-corrected chi connectivity index (χ3v) is 11.9. The number of unbranched alkanes of at least 4 members (excludes halogenated alkanes) is 34. The van der Waals surface area contributed by atoms with Crippen LogP contribution >= 0.6 is 7.82 Å². The highest BCUT2D eigenvalue weighted by atomic mass is 31.2. The van der Waals surface area contributed by atoms with Gasteiger partial charge in [-0.05, 0) is 6.42 Å². The minimum atomic E-state index is -4.25. The van der Waals surface area contributed by atoms with Gasteiger partial charge in [0.2, 0.25) is 0 Å². The number of aliphatic hydroxyl groups is 1. The molecule has 0 aliphatic carbocycles. The van der Waals surface area contributed by atoms with Crippen molar-refractivity contribution < 1.29 is 37.6 Å². The number of carbonyl (C=O) groups excluding carboxylic acids is 1. The van der Waals surface area contributed by atoms with Crippen molar-refractivity contribution >= 4 is 13.8 Å². The summed E-state index contributed by atoms with van der Waals surface area (Å²) in [4.78, 5) is 21.7. The topological polar surface area (TPSA) is 102 Å². The fourth-order valence-corrected chi connectivity index (χ4v) is 7.88. The number of aliphatic hydroxyl groups excluding tert-OH is 1. The molecule has 0 aromatic heterocycles. The second-order valence-corrected chi connectivity index (χ2v) is 19.2. The number of hydrogen-bond acceptors (Lipinski definition) is 6. The zero-order chi connectivity index (χ0) is 40.6. The SMILES string of the molecule is CCCCCCCCCCCCCCCCCCCCCCCCCCCCCCCCCCCCCC(=O)OCC(O)COP(=O)(O)OCC[N+](C)(C)C. The zero-order valence-corrected chi connectivity index (χ0v) is 38.1. The minimum absolute atomic E-state index is 0.0577. The zero-order valence-electron chi connectivity index (χ0n) is 37.2. The molecular formula is C46H95NO7P+. The molecule has 2 unspecified atom stereocenters. The van der Waals surface area contributed by atoms with Crippen LogP contribution in [0.1, 0.15) is 238 Å². The van der Waals surface area contributed by atoms with Crippen LogP contribution in [0.2, 0.25) is 0 Å². The lowest BCUT2D eigenvalue weighted by Crippen LogP contribution is -2.37. The molecule has 330 valence electrons. The quantitative estimate of drug-likeness (QED) is 0.0273. The summed E-state index contributed by atoms with van der Waals surface area (Å²) in [6.07, 6.45) is 47.6. The molecule has 55 heavy (non-hydrogen) atoms. The first kappa shape index (κ1) is 54.5. The maximum absolute atomic E-state index is 12.0. The fourth-order valence-electron chi connectivity index (χ4n) is 7.13. The summed E-state index contributed by atoms with van der Waals surface area (Å²) in [6, 6.07) is 0. The molecule has 2 N–H and O–H groups in total. The number of hydrogen-bond donors (Lipinski definition) is 2. The van der Waals surface area contributed by atoms with E-state index < -0.39 is 20.5 Å². The number of quaternary nitrogens is 1. The first-order chi connectivity index (χ1) is 26.6. The van der Waals surface area contributed by atoms with Crippen molar-refractivity contribution in [3.8, 4) is 0 Å². The maximum atomic E-state index is 12.0. The number of phosphoric ester groups is 1. The number of phosphoric acid groups is 1. The van der Waals surface area contributed by atoms with Crippen molar-refractivity contribution in [1.82, 2.24) is 0 Å². The highest BCUT2D eigenvalue weighted by molar-refractivity contribution is 7.47. The summed E-state index contributed by atoms with van der Waals surface area (Å²) in [5.74, 6) is -0.364. The molecule has 0 saturated heterocycles. The van der Waals surface area contributed by atoms with Crippen molar-refractivity contribution in [3.05, 3.63) is 0 Å². The van der Waals surface area contributed by atoms with Gasteiger partial charge in [0.25, 0.3) is 0 Å². The number of rotatable bonds is 45. The van der Waals surface area contributed by atoms with Crippen LogP contribution in [0.25, 0.3) is 0 Å². The van der Waals surface area contributed by atoms with Crippen LogP contribution in [0.15, 0.2) is 0 Å². The van der Waals surface area contributed by atoms with E-state index in [9.17, 15) is 19.4 Å². The Morgan fingerprint density at radius 2 is 0.782 bits per heavy atom. The number of likely N-dealkylation sites (N-methyl/N-ethyl adjacent to an activating group) is 1. The van der Waals surface area contributed by atoms with Gasteiger partial charge in [-0.15, -0.1) is 0 Å². The standard InChI is InChI=1S/C46H94NO7P/c1-5-6-7-8-9-10-11-12-13-14-15-16-17-18-19-20-21-22-23-24-25-26-27-28-29-30-31-32-33-34-35-36-37-38-39-40-46(49)52-43-45(48)44-54-55(50,51)53-42-41-47(2,3)4/h45,48H,5-44H2,1-4H3/p+1. The lowest BCUT2D eigenvalue weighted by molar-refractivity contribution is -0.870. The highest BCUT2D eigenvalue weighted by Crippen LogP contribution is 2.43. The molecule has 8 nitrogen and oxygen atoms in total. The third kappa shape index (κ3) is 46.1. The average Bonchev–Trinajstić information content (AvgIpc) is 3.14. The van der Waals surface area contributed by atoms with Gasteiger partial charge in [0, 0.05) is 6.42 Å². The van der Waals surface area contributed by atoms with E-state index in [0.29, 0.717) is 17.4 Å². The summed E-state index contributed by atoms with van der Waals surface area (Å²) < 4.78 is 27.3. The Hall–Kier alpha value is -0.500. The molecule has 0 amide bonds. The van der Waals surface area contributed by atoms with Gasteiger partial charge in [-0.1, -0.05) is 225 Å². The molecule has 9 heteroatoms. The van der Waals surface area contributed by atoms with Crippen LogP contribution in [-0.4, -0.2) is 74.1 Å². The molecule has 0 aliphatic rings. The molecule has 0 aromatic carbocycles. The van der Waals surface area contributed by atoms with Crippen LogP contribution in [0.5, 0.6) is 0 Å². The molecule has 0 bridgehead atoms. The maximum Gasteiger partial charge on any atom is 0.472 e. The largest absolute Gasteiger partial charge is 0.472 e. The van der Waals surface area contributed by atoms with E-state index >= 15 is 0 Å². The molecule has 0 aliphatic heterocycles. The normalized spacial score (nSPS) is 13.6. The molecule has 0 spiro atoms. The lowest BCUT2D eigenvalue weighted by Gasteiger charge is -2.24. The first-order valence-corrected chi connectivity index (χ1v) is 25.3. The van der Waals surface area contributed by atoms with Crippen LogP contribution in [-0.2, 0) is 23.1 Å². The molecule has 0 heterocycles. The predicted molar refractivity (Wildman–Crippen MR) is 233 cm³/mol. The average molecular weight is 805 g/mol. The van der Waals surface area contributed by atoms with Crippen LogP contribution < -0.4 is 0 Å². The molecule has 0 fully saturated rings. The van der Waals surface area contributed by atoms with Crippen molar-refractivity contribution in [2.24, 2.45) is 0 Å². The Morgan fingerprint density at radius 1 is 0.491 bits per heavy atom. The minimum Gasteiger partial charge on any atom is -0.463 e. The van der Waals surface area contributed by atoms with E-state index in [1.54, 1.807) is 0 Å². The van der Waals surface area contributed by atoms with E-state index in [2.05, 4.69) is 6.92 Å². The predicted octanol–water partition coefficient (Wildman–Crippen LogP) is 13.8. The number of esters is 1. The van der Waals surface area contributed by atoms with E-state index in [1.807, 2.05) is 21.1 Å². The summed E-state index contributed by atoms with van der Waals surface area (Å²) in [5.41, 5.74) is 0. The van der Waals surface area contributed by atoms with Gasteiger partial charge in [-0.2, -0.15) is 0 Å². The van der Waals surface area contributed by atoms with Crippen molar-refractivity contribution in [2.45, 2.75) is 244 Å². The van der Waals surface area contributed by atoms with E-state index in [0.717, 1.165) is 19.3 Å². The van der Waals surface area contributed by atoms with Gasteiger partial charge >= 0.3 is 13.8 Å². The number of nitrogens with zero attached hydrogens (tertiary/aromatic N) is 1. The summed E-state index contributed by atoms with van der Waals surface area (Å²) in [5, 5.41) is 9.92. The molecule has 2 atom stereocenters. The first-order valence-electron chi connectivity index (χ1n) is 23.8. The second-order valence-electron chi connectivity index (χ2n) is 17.7. The molecule has 0 aromatic rings. The molecular weight excluding hydrogens is 709 g/mol. The van der Waals surface area contributed by atoms with Gasteiger partial charge in [0.1, 0.15) is 25.9 Å². The third-order valence-electron chi connectivity index (χ3n) is 10.9. The van der Waals surface area contributed by atoms with Crippen LogP contribution in [0.3, 0.4) is 0 Å². The van der Waals surface area contributed by atoms with Crippen LogP contribution in [0, 0.1) is 0 Å². The Labute approximate surface area is 342 Å². The van der Waals surface area contributed by atoms with Gasteiger partial charge in [0.15, 0.2) is 0 Å². The van der Waals surface area contributed by atoms with Crippen molar-refractivity contribution in [2.75, 3.05) is 47.5 Å². The van der Waals surface area contributed by atoms with Gasteiger partial charge < -0.3 is 19.2 Å². The van der Waals surface area contributed by atoms with E-state index in [1.165, 1.54) is 205 Å². The monoisotopic (exact) mass is 805 g/mol. The van der Waals surface area contributed by atoms with E-state index in [-0.39, 0.29) is 19.2 Å². The molecule has 0 rings (SSSR count). The summed E-state index contributed by atoms with van der Waals surface area (Å²) in [7, 11) is 1.58. The van der Waals surface area contributed by atoms with Crippen molar-refractivity contribution in [1.29, 1.82) is 0 Å². The van der Waals surface area contributed by atoms with Gasteiger partial charge in [-0.3, -0.25) is 13.8 Å². The Kier molecular flexibility index (Phi) is 39.9. The highest BCUT2D eigenvalue weighted by Gasteiger charge is 2.24. The number of carbonyl (C=O) groups is 1. The second kappa shape index (κ2) is 40.3. The fraction of sp³-hybridized carbons (Fsp3) is 0.978. The molecule has 0 saturated carbocycles. The Morgan fingerprint density at radius 3 is 1.07 bits per heavy atom. The van der Waals surface area contributed by atoms with E-state index in [4.69, 9.17) is 13.8 Å². The lowest BCUT2D eigenvalue weighted by atomic mass is 10.0.